The molecule has 2 aromatic rings. The van der Waals surface area contributed by atoms with E-state index in [0.717, 1.165) is 11.4 Å². The maximum Gasteiger partial charge on any atom is 0.141 e. The number of hydrogen-bond acceptors (Lipinski definition) is 4. The number of nitrogens with one attached hydrogen (secondary N) is 2. The number of nitriles is 1. The zero-order chi connectivity index (χ0) is 13.0. The molecule has 2 atom stereocenters. The smallest absolute Gasteiger partial charge is 0.141 e. The van der Waals surface area contributed by atoms with E-state index < -0.39 is 0 Å². The molecular weight excluding hydrogens is 226 g/mol. The molecule has 5 nitrogen and oxygen atoms in total. The minimum absolute atomic E-state index is 0.0771. The summed E-state index contributed by atoms with van der Waals surface area (Å²) >= 11 is 0. The largest absolute Gasteiger partial charge is 0.301 e. The molecule has 92 valence electrons. The van der Waals surface area contributed by atoms with Crippen molar-refractivity contribution < 1.29 is 0 Å². The molecule has 0 radical (unpaired) electrons. The molecule has 1 heterocycles. The van der Waals surface area contributed by atoms with E-state index in [0.29, 0.717) is 5.56 Å². The molecule has 2 rings (SSSR count). The summed E-state index contributed by atoms with van der Waals surface area (Å²) in [6.07, 6.45) is 1.49. The molecule has 0 bridgehead atoms. The van der Waals surface area contributed by atoms with Crippen LogP contribution in [0.4, 0.5) is 0 Å². The maximum absolute atomic E-state index is 8.88. The van der Waals surface area contributed by atoms with Gasteiger partial charge >= 0.3 is 0 Å². The van der Waals surface area contributed by atoms with E-state index in [1.54, 1.807) is 6.07 Å². The number of hydrogen-bond donors (Lipinski definition) is 2. The van der Waals surface area contributed by atoms with Gasteiger partial charge in [-0.15, -0.1) is 0 Å². The van der Waals surface area contributed by atoms with Gasteiger partial charge in [0.1, 0.15) is 12.2 Å². The molecule has 0 saturated carbocycles. The SMILES string of the molecule is CC(NC(C)c1ncn[nH]1)c1cccc(C#N)c1. The summed E-state index contributed by atoms with van der Waals surface area (Å²) in [5, 5.41) is 19.0. The summed E-state index contributed by atoms with van der Waals surface area (Å²) in [4.78, 5) is 4.12. The lowest BCUT2D eigenvalue weighted by Gasteiger charge is -2.18. The quantitative estimate of drug-likeness (QED) is 0.859. The Morgan fingerprint density at radius 3 is 2.83 bits per heavy atom. The fourth-order valence-electron chi connectivity index (χ4n) is 1.85. The van der Waals surface area contributed by atoms with Gasteiger partial charge in [0.05, 0.1) is 17.7 Å². The highest BCUT2D eigenvalue weighted by Crippen LogP contribution is 2.17. The van der Waals surface area contributed by atoms with Crippen LogP contribution >= 0.6 is 0 Å². The highest BCUT2D eigenvalue weighted by molar-refractivity contribution is 5.34. The molecule has 2 unspecified atom stereocenters. The molecule has 0 amide bonds. The first-order valence-electron chi connectivity index (χ1n) is 5.82. The fourth-order valence-corrected chi connectivity index (χ4v) is 1.85. The topological polar surface area (TPSA) is 77.4 Å². The Balaban J connectivity index is 2.07. The number of benzene rings is 1. The minimum Gasteiger partial charge on any atom is -0.301 e. The van der Waals surface area contributed by atoms with Gasteiger partial charge in [0, 0.05) is 6.04 Å². The van der Waals surface area contributed by atoms with Crippen molar-refractivity contribution >= 4 is 0 Å². The molecule has 0 aliphatic carbocycles. The average molecular weight is 241 g/mol. The zero-order valence-corrected chi connectivity index (χ0v) is 10.4. The first-order valence-corrected chi connectivity index (χ1v) is 5.82. The summed E-state index contributed by atoms with van der Waals surface area (Å²) in [5.74, 6) is 0.804. The number of aromatic amines is 1. The third kappa shape index (κ3) is 2.73. The van der Waals surface area contributed by atoms with Crippen LogP contribution < -0.4 is 5.32 Å². The predicted octanol–water partition coefficient (Wildman–Crippen LogP) is 2.09. The third-order valence-electron chi connectivity index (χ3n) is 2.86. The molecule has 1 aromatic heterocycles. The van der Waals surface area contributed by atoms with Gasteiger partial charge in [-0.3, -0.25) is 5.10 Å². The summed E-state index contributed by atoms with van der Waals surface area (Å²) in [7, 11) is 0. The lowest BCUT2D eigenvalue weighted by atomic mass is 10.0. The molecule has 0 aliphatic heterocycles. The number of nitrogens with zero attached hydrogens (tertiary/aromatic N) is 3. The van der Waals surface area contributed by atoms with E-state index in [9.17, 15) is 0 Å². The van der Waals surface area contributed by atoms with E-state index in [4.69, 9.17) is 5.26 Å². The van der Waals surface area contributed by atoms with Crippen LogP contribution in [0.1, 0.15) is 42.9 Å². The maximum atomic E-state index is 8.88. The van der Waals surface area contributed by atoms with Crippen LogP contribution in [0.3, 0.4) is 0 Å². The normalized spacial score (nSPS) is 13.8. The van der Waals surface area contributed by atoms with Crippen molar-refractivity contribution in [2.75, 3.05) is 0 Å². The van der Waals surface area contributed by atoms with E-state index in [2.05, 4.69) is 33.5 Å². The lowest BCUT2D eigenvalue weighted by molar-refractivity contribution is 0.477. The first-order chi connectivity index (χ1) is 8.70. The Kier molecular flexibility index (Phi) is 3.70. The van der Waals surface area contributed by atoms with E-state index in [-0.39, 0.29) is 12.1 Å². The van der Waals surface area contributed by atoms with Gasteiger partial charge in [0.25, 0.3) is 0 Å². The molecule has 2 N–H and O–H groups in total. The summed E-state index contributed by atoms with van der Waals surface area (Å²) in [5.41, 5.74) is 1.76. The van der Waals surface area contributed by atoms with Crippen molar-refractivity contribution in [3.63, 3.8) is 0 Å². The Morgan fingerprint density at radius 1 is 1.33 bits per heavy atom. The molecular formula is C13H15N5. The van der Waals surface area contributed by atoms with Crippen molar-refractivity contribution in [3.05, 3.63) is 47.5 Å². The fraction of sp³-hybridized carbons (Fsp3) is 0.308. The Morgan fingerprint density at radius 2 is 2.17 bits per heavy atom. The summed E-state index contributed by atoms with van der Waals surface area (Å²) < 4.78 is 0. The second-order valence-electron chi connectivity index (χ2n) is 4.22. The Bertz CT molecular complexity index is 541. The molecule has 1 aromatic carbocycles. The van der Waals surface area contributed by atoms with Gasteiger partial charge in [-0.05, 0) is 31.5 Å². The van der Waals surface area contributed by atoms with Crippen molar-refractivity contribution in [1.29, 1.82) is 5.26 Å². The van der Waals surface area contributed by atoms with Gasteiger partial charge in [-0.2, -0.15) is 10.4 Å². The van der Waals surface area contributed by atoms with Gasteiger partial charge in [0.2, 0.25) is 0 Å². The van der Waals surface area contributed by atoms with Crippen LogP contribution in [0, 0.1) is 11.3 Å². The highest BCUT2D eigenvalue weighted by atomic mass is 15.2. The molecule has 0 spiro atoms. The van der Waals surface area contributed by atoms with Crippen LogP contribution in [0.5, 0.6) is 0 Å². The van der Waals surface area contributed by atoms with E-state index in [1.165, 1.54) is 6.33 Å². The number of H-pyrrole nitrogens is 1. The van der Waals surface area contributed by atoms with E-state index >= 15 is 0 Å². The first kappa shape index (κ1) is 12.3. The summed E-state index contributed by atoms with van der Waals surface area (Å²) in [6, 6.07) is 9.96. The van der Waals surface area contributed by atoms with Crippen LogP contribution in [-0.2, 0) is 0 Å². The Hall–Kier alpha value is -2.19. The molecule has 0 fully saturated rings. The van der Waals surface area contributed by atoms with Gasteiger partial charge in [-0.25, -0.2) is 4.98 Å². The Labute approximate surface area is 106 Å². The second kappa shape index (κ2) is 5.43. The number of rotatable bonds is 4. The van der Waals surface area contributed by atoms with Crippen molar-refractivity contribution in [1.82, 2.24) is 20.5 Å². The third-order valence-corrected chi connectivity index (χ3v) is 2.86. The van der Waals surface area contributed by atoms with Crippen LogP contribution in [-0.4, -0.2) is 15.2 Å². The highest BCUT2D eigenvalue weighted by Gasteiger charge is 2.13. The molecule has 18 heavy (non-hydrogen) atoms. The van der Waals surface area contributed by atoms with Crippen LogP contribution in [0.25, 0.3) is 0 Å². The zero-order valence-electron chi connectivity index (χ0n) is 10.4. The lowest BCUT2D eigenvalue weighted by Crippen LogP contribution is -2.23. The van der Waals surface area contributed by atoms with Gasteiger partial charge in [0.15, 0.2) is 0 Å². The monoisotopic (exact) mass is 241 g/mol. The van der Waals surface area contributed by atoms with Gasteiger partial charge < -0.3 is 5.32 Å². The molecule has 0 saturated heterocycles. The predicted molar refractivity (Wildman–Crippen MR) is 67.5 cm³/mol. The molecule has 5 heteroatoms. The minimum atomic E-state index is 0.0771. The van der Waals surface area contributed by atoms with Crippen LogP contribution in [0.2, 0.25) is 0 Å². The van der Waals surface area contributed by atoms with Crippen molar-refractivity contribution in [2.24, 2.45) is 0 Å². The van der Waals surface area contributed by atoms with Gasteiger partial charge in [-0.1, -0.05) is 12.1 Å². The number of aromatic nitrogens is 3. The van der Waals surface area contributed by atoms with Crippen LogP contribution in [0.15, 0.2) is 30.6 Å². The van der Waals surface area contributed by atoms with Crippen molar-refractivity contribution in [2.45, 2.75) is 25.9 Å². The van der Waals surface area contributed by atoms with E-state index in [1.807, 2.05) is 25.1 Å². The van der Waals surface area contributed by atoms with Crippen molar-refractivity contribution in [3.8, 4) is 6.07 Å². The molecule has 0 aliphatic rings. The second-order valence-corrected chi connectivity index (χ2v) is 4.22. The standard InChI is InChI=1S/C13H15N5/c1-9(12-5-3-4-11(6-12)7-14)17-10(2)13-15-8-16-18-13/h3-6,8-10,17H,1-2H3,(H,15,16,18). The summed E-state index contributed by atoms with van der Waals surface area (Å²) in [6.45, 7) is 4.08. The average Bonchev–Trinajstić information content (AvgIpc) is 2.92.